The van der Waals surface area contributed by atoms with Gasteiger partial charge in [-0.15, -0.1) is 0 Å². The van der Waals surface area contributed by atoms with Crippen LogP contribution in [-0.2, 0) is 14.3 Å². The van der Waals surface area contributed by atoms with E-state index in [2.05, 4.69) is 17.6 Å². The smallest absolute Gasteiger partial charge is 0.309 e. The number of amides is 2. The van der Waals surface area contributed by atoms with E-state index in [1.807, 2.05) is 0 Å². The third-order valence-electron chi connectivity index (χ3n) is 3.83. The van der Waals surface area contributed by atoms with Crippen molar-refractivity contribution in [2.45, 2.75) is 77.6 Å². The highest BCUT2D eigenvalue weighted by molar-refractivity contribution is 6.35. The highest BCUT2D eigenvalue weighted by Crippen LogP contribution is 2.10. The lowest BCUT2D eigenvalue weighted by atomic mass is 10.1. The predicted octanol–water partition coefficient (Wildman–Crippen LogP) is 3.18. The Morgan fingerprint density at radius 3 is 1.61 bits per heavy atom. The number of ether oxygens (including phenoxy) is 1. The number of rotatable bonds is 15. The SMILES string of the molecule is CCCCCCCCCCCCNC(=O)C(=O)NCCCOC. The zero-order valence-electron chi connectivity index (χ0n) is 15.1. The number of carbonyl (C=O) groups excluding carboxylic acids is 2. The molecule has 5 nitrogen and oxygen atoms in total. The number of hydrogen-bond donors (Lipinski definition) is 2. The molecule has 0 fully saturated rings. The monoisotopic (exact) mass is 328 g/mol. The van der Waals surface area contributed by atoms with Gasteiger partial charge in [0, 0.05) is 26.8 Å². The predicted molar refractivity (Wildman–Crippen MR) is 94.4 cm³/mol. The number of hydrogen-bond acceptors (Lipinski definition) is 3. The van der Waals surface area contributed by atoms with Gasteiger partial charge in [-0.1, -0.05) is 64.7 Å². The van der Waals surface area contributed by atoms with Gasteiger partial charge in [0.25, 0.3) is 0 Å². The van der Waals surface area contributed by atoms with Crippen LogP contribution in [0.5, 0.6) is 0 Å². The van der Waals surface area contributed by atoms with Crippen molar-refractivity contribution in [2.75, 3.05) is 26.8 Å². The highest BCUT2D eigenvalue weighted by Gasteiger charge is 2.11. The molecule has 2 N–H and O–H groups in total. The number of carbonyl (C=O) groups is 2. The normalized spacial score (nSPS) is 10.5. The molecule has 0 unspecified atom stereocenters. The van der Waals surface area contributed by atoms with Crippen molar-refractivity contribution in [1.82, 2.24) is 10.6 Å². The summed E-state index contributed by atoms with van der Waals surface area (Å²) in [6.45, 7) is 3.88. The van der Waals surface area contributed by atoms with E-state index < -0.39 is 11.8 Å². The highest BCUT2D eigenvalue weighted by atomic mass is 16.5. The first-order valence-electron chi connectivity index (χ1n) is 9.27. The topological polar surface area (TPSA) is 67.4 Å². The van der Waals surface area contributed by atoms with Gasteiger partial charge in [0.2, 0.25) is 0 Å². The molecule has 0 radical (unpaired) electrons. The molecular weight excluding hydrogens is 292 g/mol. The molecule has 0 aliphatic heterocycles. The third-order valence-corrected chi connectivity index (χ3v) is 3.83. The Balaban J connectivity index is 3.30. The van der Waals surface area contributed by atoms with Crippen LogP contribution in [0.4, 0.5) is 0 Å². The number of nitrogens with one attached hydrogen (secondary N) is 2. The average molecular weight is 328 g/mol. The van der Waals surface area contributed by atoms with Crippen LogP contribution in [0, 0.1) is 0 Å². The van der Waals surface area contributed by atoms with E-state index in [-0.39, 0.29) is 0 Å². The Bertz CT molecular complexity index is 296. The molecule has 23 heavy (non-hydrogen) atoms. The van der Waals surface area contributed by atoms with Crippen LogP contribution in [0.3, 0.4) is 0 Å². The molecule has 0 saturated heterocycles. The van der Waals surface area contributed by atoms with E-state index >= 15 is 0 Å². The van der Waals surface area contributed by atoms with Crippen molar-refractivity contribution in [3.63, 3.8) is 0 Å². The summed E-state index contributed by atoms with van der Waals surface area (Å²) in [7, 11) is 1.61. The second-order valence-electron chi connectivity index (χ2n) is 6.04. The molecule has 5 heteroatoms. The fraction of sp³-hybridized carbons (Fsp3) is 0.889. The van der Waals surface area contributed by atoms with E-state index in [0.29, 0.717) is 26.1 Å². The molecule has 0 rings (SSSR count). The lowest BCUT2D eigenvalue weighted by molar-refractivity contribution is -0.139. The molecule has 0 heterocycles. The van der Waals surface area contributed by atoms with Crippen LogP contribution in [0.25, 0.3) is 0 Å². The molecule has 136 valence electrons. The zero-order valence-corrected chi connectivity index (χ0v) is 15.1. The summed E-state index contributed by atoms with van der Waals surface area (Å²) in [5.74, 6) is -1.08. The third kappa shape index (κ3) is 15.6. The van der Waals surface area contributed by atoms with Gasteiger partial charge < -0.3 is 15.4 Å². The average Bonchev–Trinajstić information content (AvgIpc) is 2.56. The van der Waals surface area contributed by atoms with Gasteiger partial charge in [0.05, 0.1) is 0 Å². The first kappa shape index (κ1) is 21.9. The minimum absolute atomic E-state index is 0.471. The Kier molecular flexibility index (Phi) is 16.4. The maximum Gasteiger partial charge on any atom is 0.309 e. The zero-order chi connectivity index (χ0) is 17.2. The molecule has 0 aliphatic rings. The summed E-state index contributed by atoms with van der Waals surface area (Å²) in [4.78, 5) is 23.0. The van der Waals surface area contributed by atoms with Gasteiger partial charge in [0.15, 0.2) is 0 Å². The first-order chi connectivity index (χ1) is 11.2. The van der Waals surface area contributed by atoms with E-state index in [1.165, 1.54) is 51.4 Å². The minimum Gasteiger partial charge on any atom is -0.385 e. The van der Waals surface area contributed by atoms with Crippen molar-refractivity contribution >= 4 is 11.8 Å². The Morgan fingerprint density at radius 1 is 0.696 bits per heavy atom. The Hall–Kier alpha value is -1.10. The van der Waals surface area contributed by atoms with Gasteiger partial charge in [-0.2, -0.15) is 0 Å². The van der Waals surface area contributed by atoms with Crippen LogP contribution in [0.15, 0.2) is 0 Å². The van der Waals surface area contributed by atoms with E-state index in [0.717, 1.165) is 12.8 Å². The number of unbranched alkanes of at least 4 members (excludes halogenated alkanes) is 9. The fourth-order valence-corrected chi connectivity index (χ4v) is 2.39. The largest absolute Gasteiger partial charge is 0.385 e. The summed E-state index contributed by atoms with van der Waals surface area (Å²) in [5.41, 5.74) is 0. The van der Waals surface area contributed by atoms with E-state index in [1.54, 1.807) is 7.11 Å². The van der Waals surface area contributed by atoms with Gasteiger partial charge in [-0.3, -0.25) is 9.59 Å². The summed E-state index contributed by atoms with van der Waals surface area (Å²) < 4.78 is 4.88. The van der Waals surface area contributed by atoms with Gasteiger partial charge in [0.1, 0.15) is 0 Å². The van der Waals surface area contributed by atoms with Crippen molar-refractivity contribution in [1.29, 1.82) is 0 Å². The van der Waals surface area contributed by atoms with Crippen molar-refractivity contribution in [3.8, 4) is 0 Å². The van der Waals surface area contributed by atoms with E-state index in [4.69, 9.17) is 4.74 Å². The molecule has 0 bridgehead atoms. The van der Waals surface area contributed by atoms with Crippen molar-refractivity contribution in [2.24, 2.45) is 0 Å². The summed E-state index contributed by atoms with van der Waals surface area (Å²) in [5, 5.41) is 5.24. The van der Waals surface area contributed by atoms with E-state index in [9.17, 15) is 9.59 Å². The van der Waals surface area contributed by atoms with Crippen LogP contribution < -0.4 is 10.6 Å². The van der Waals surface area contributed by atoms with Crippen molar-refractivity contribution in [3.05, 3.63) is 0 Å². The minimum atomic E-state index is -0.548. The molecule has 0 spiro atoms. The molecule has 2 amide bonds. The van der Waals surface area contributed by atoms with Crippen molar-refractivity contribution < 1.29 is 14.3 Å². The maximum absolute atomic E-state index is 11.5. The quantitative estimate of drug-likeness (QED) is 0.358. The van der Waals surface area contributed by atoms with Gasteiger partial charge >= 0.3 is 11.8 Å². The number of methoxy groups -OCH3 is 1. The van der Waals surface area contributed by atoms with Crippen LogP contribution >= 0.6 is 0 Å². The molecule has 0 atom stereocenters. The van der Waals surface area contributed by atoms with Gasteiger partial charge in [-0.25, -0.2) is 0 Å². The second kappa shape index (κ2) is 17.3. The fourth-order valence-electron chi connectivity index (χ4n) is 2.39. The Morgan fingerprint density at radius 2 is 1.13 bits per heavy atom. The molecule has 0 aromatic carbocycles. The molecule has 0 saturated carbocycles. The summed E-state index contributed by atoms with van der Waals surface area (Å²) in [6, 6.07) is 0. The molecule has 0 aromatic rings. The Labute approximate surface area is 141 Å². The second-order valence-corrected chi connectivity index (χ2v) is 6.04. The van der Waals surface area contributed by atoms with Gasteiger partial charge in [-0.05, 0) is 12.8 Å². The lowest BCUT2D eigenvalue weighted by Crippen LogP contribution is -2.40. The standard InChI is InChI=1S/C18H36N2O3/c1-3-4-5-6-7-8-9-10-11-12-14-19-17(21)18(22)20-15-13-16-23-2/h3-16H2,1-2H3,(H,19,21)(H,20,22). The molecule has 0 aliphatic carbocycles. The van der Waals surface area contributed by atoms with Crippen LogP contribution in [0.1, 0.15) is 77.6 Å². The summed E-state index contributed by atoms with van der Waals surface area (Å²) >= 11 is 0. The first-order valence-corrected chi connectivity index (χ1v) is 9.27. The molecular formula is C18H36N2O3. The van der Waals surface area contributed by atoms with Crippen LogP contribution in [0.2, 0.25) is 0 Å². The van der Waals surface area contributed by atoms with Crippen LogP contribution in [-0.4, -0.2) is 38.6 Å². The summed E-state index contributed by atoms with van der Waals surface area (Å²) in [6.07, 6.45) is 13.3. The maximum atomic E-state index is 11.5. The lowest BCUT2D eigenvalue weighted by Gasteiger charge is -2.06. The molecule has 0 aromatic heterocycles.